The molecule has 3 fully saturated rings. The molecule has 0 saturated heterocycles. The summed E-state index contributed by atoms with van der Waals surface area (Å²) in [5.41, 5.74) is 1.47. The Labute approximate surface area is 103 Å². The quantitative estimate of drug-likeness (QED) is 0.772. The number of fused-ring (bicyclic) bond motifs is 5. The molecule has 0 heterocycles. The lowest BCUT2D eigenvalue weighted by atomic mass is 9.76. The second-order valence-electron chi connectivity index (χ2n) is 6.35. The van der Waals surface area contributed by atoms with Crippen molar-refractivity contribution >= 4 is 0 Å². The summed E-state index contributed by atoms with van der Waals surface area (Å²) < 4.78 is 0. The second kappa shape index (κ2) is 3.51. The van der Waals surface area contributed by atoms with Crippen LogP contribution >= 0.6 is 0 Å². The van der Waals surface area contributed by atoms with Gasteiger partial charge in [-0.25, -0.2) is 0 Å². The molecular weight excluding hydrogens is 208 g/mol. The highest BCUT2D eigenvalue weighted by Crippen LogP contribution is 2.63. The number of aromatic hydroxyl groups is 1. The minimum absolute atomic E-state index is 0.399. The zero-order valence-electron chi connectivity index (χ0n) is 10.2. The minimum Gasteiger partial charge on any atom is -0.508 e. The van der Waals surface area contributed by atoms with E-state index in [1.54, 1.807) is 0 Å². The molecule has 3 saturated carbocycles. The Morgan fingerprint density at radius 3 is 2.47 bits per heavy atom. The van der Waals surface area contributed by atoms with E-state index in [9.17, 15) is 5.11 Å². The average molecular weight is 228 g/mol. The zero-order chi connectivity index (χ0) is 11.4. The van der Waals surface area contributed by atoms with Gasteiger partial charge in [0.2, 0.25) is 0 Å². The lowest BCUT2D eigenvalue weighted by molar-refractivity contribution is 0.243. The van der Waals surface area contributed by atoms with Gasteiger partial charge in [-0.3, -0.25) is 0 Å². The Bertz CT molecular complexity index is 422. The van der Waals surface area contributed by atoms with Crippen molar-refractivity contribution in [1.29, 1.82) is 0 Å². The van der Waals surface area contributed by atoms with Gasteiger partial charge in [0.05, 0.1) is 0 Å². The van der Waals surface area contributed by atoms with Crippen LogP contribution in [0.4, 0.5) is 0 Å². The van der Waals surface area contributed by atoms with Crippen LogP contribution in [0, 0.1) is 23.7 Å². The molecule has 2 bridgehead atoms. The Morgan fingerprint density at radius 1 is 0.882 bits per heavy atom. The fraction of sp³-hybridized carbons (Fsp3) is 0.625. The van der Waals surface area contributed by atoms with Gasteiger partial charge >= 0.3 is 0 Å². The molecule has 1 aromatic rings. The standard InChI is InChI=1S/C16H20O/c17-13-5-3-10(4-6-13)14-7-8-15-11-1-2-12(9-11)16(14)15/h3-6,11-12,14-17H,1-2,7-9H2. The predicted molar refractivity (Wildman–Crippen MR) is 67.9 cm³/mol. The molecule has 3 aliphatic carbocycles. The Balaban J connectivity index is 1.65. The number of benzene rings is 1. The van der Waals surface area contributed by atoms with Crippen LogP contribution in [0.3, 0.4) is 0 Å². The van der Waals surface area contributed by atoms with Gasteiger partial charge in [0.1, 0.15) is 5.75 Å². The summed E-state index contributed by atoms with van der Waals surface area (Å²) in [4.78, 5) is 0. The molecule has 5 unspecified atom stereocenters. The van der Waals surface area contributed by atoms with E-state index < -0.39 is 0 Å². The van der Waals surface area contributed by atoms with Crippen molar-refractivity contribution in [1.82, 2.24) is 0 Å². The molecule has 0 amide bonds. The van der Waals surface area contributed by atoms with E-state index in [4.69, 9.17) is 0 Å². The van der Waals surface area contributed by atoms with Crippen molar-refractivity contribution in [2.75, 3.05) is 0 Å². The van der Waals surface area contributed by atoms with E-state index in [0.29, 0.717) is 5.75 Å². The van der Waals surface area contributed by atoms with Crippen LogP contribution in [0.5, 0.6) is 5.75 Å². The minimum atomic E-state index is 0.399. The van der Waals surface area contributed by atoms with Crippen molar-refractivity contribution in [3.63, 3.8) is 0 Å². The maximum absolute atomic E-state index is 9.39. The number of hydrogen-bond acceptors (Lipinski definition) is 1. The molecule has 1 N–H and O–H groups in total. The third kappa shape index (κ3) is 1.38. The van der Waals surface area contributed by atoms with Crippen molar-refractivity contribution in [2.45, 2.75) is 38.0 Å². The smallest absolute Gasteiger partial charge is 0.115 e. The second-order valence-corrected chi connectivity index (χ2v) is 6.35. The Kier molecular flexibility index (Phi) is 2.06. The maximum Gasteiger partial charge on any atom is 0.115 e. The fourth-order valence-corrected chi connectivity index (χ4v) is 5.18. The molecule has 4 rings (SSSR count). The van der Waals surface area contributed by atoms with Crippen LogP contribution in [0.15, 0.2) is 24.3 Å². The van der Waals surface area contributed by atoms with Crippen LogP contribution in [0.2, 0.25) is 0 Å². The normalized spacial score (nSPS) is 42.9. The first-order valence-corrected chi connectivity index (χ1v) is 7.12. The van der Waals surface area contributed by atoms with Crippen LogP contribution in [-0.2, 0) is 0 Å². The summed E-state index contributed by atoms with van der Waals surface area (Å²) in [5.74, 6) is 5.27. The molecule has 1 aromatic carbocycles. The third-order valence-corrected chi connectivity index (χ3v) is 5.75. The predicted octanol–water partition coefficient (Wildman–Crippen LogP) is 3.93. The molecule has 0 aromatic heterocycles. The van der Waals surface area contributed by atoms with Crippen molar-refractivity contribution < 1.29 is 5.11 Å². The lowest BCUT2D eigenvalue weighted by Gasteiger charge is -2.29. The highest BCUT2D eigenvalue weighted by molar-refractivity contribution is 5.30. The monoisotopic (exact) mass is 228 g/mol. The van der Waals surface area contributed by atoms with Gasteiger partial charge in [0.15, 0.2) is 0 Å². The molecule has 5 atom stereocenters. The Hall–Kier alpha value is -0.980. The highest BCUT2D eigenvalue weighted by Gasteiger charge is 2.53. The number of hydrogen-bond donors (Lipinski definition) is 1. The summed E-state index contributed by atoms with van der Waals surface area (Å²) >= 11 is 0. The summed E-state index contributed by atoms with van der Waals surface area (Å²) in [5, 5.41) is 9.39. The maximum atomic E-state index is 9.39. The van der Waals surface area contributed by atoms with Gasteiger partial charge in [-0.1, -0.05) is 12.1 Å². The fourth-order valence-electron chi connectivity index (χ4n) is 5.18. The largest absolute Gasteiger partial charge is 0.508 e. The molecule has 1 heteroatoms. The van der Waals surface area contributed by atoms with Crippen LogP contribution in [0.25, 0.3) is 0 Å². The molecule has 90 valence electrons. The first-order valence-electron chi connectivity index (χ1n) is 7.12. The van der Waals surface area contributed by atoms with Crippen molar-refractivity contribution in [3.05, 3.63) is 29.8 Å². The van der Waals surface area contributed by atoms with E-state index in [1.807, 2.05) is 12.1 Å². The zero-order valence-corrected chi connectivity index (χ0v) is 10.2. The van der Waals surface area contributed by atoms with Crippen molar-refractivity contribution in [3.8, 4) is 5.75 Å². The van der Waals surface area contributed by atoms with Gasteiger partial charge < -0.3 is 5.11 Å². The first kappa shape index (κ1) is 9.99. The van der Waals surface area contributed by atoms with E-state index in [0.717, 1.165) is 29.6 Å². The highest BCUT2D eigenvalue weighted by atomic mass is 16.3. The van der Waals surface area contributed by atoms with Gasteiger partial charge in [-0.15, -0.1) is 0 Å². The van der Waals surface area contributed by atoms with Gasteiger partial charge in [-0.2, -0.15) is 0 Å². The summed E-state index contributed by atoms with van der Waals surface area (Å²) in [6, 6.07) is 8.01. The molecular formula is C16H20O. The van der Waals surface area contributed by atoms with E-state index >= 15 is 0 Å². The summed E-state index contributed by atoms with van der Waals surface area (Å²) in [7, 11) is 0. The SMILES string of the molecule is Oc1ccc(C2CCC3C4CCC(C4)C23)cc1. The van der Waals surface area contributed by atoms with Crippen LogP contribution in [-0.4, -0.2) is 5.11 Å². The van der Waals surface area contributed by atoms with Crippen LogP contribution < -0.4 is 0 Å². The first-order chi connectivity index (χ1) is 8.33. The average Bonchev–Trinajstić information content (AvgIpc) is 3.02. The summed E-state index contributed by atoms with van der Waals surface area (Å²) in [6.45, 7) is 0. The molecule has 0 spiro atoms. The third-order valence-electron chi connectivity index (χ3n) is 5.75. The van der Waals surface area contributed by atoms with E-state index in [1.165, 1.54) is 37.7 Å². The number of phenolic OH excluding ortho intramolecular Hbond substituents is 1. The van der Waals surface area contributed by atoms with Gasteiger partial charge in [-0.05, 0) is 79.4 Å². The molecule has 1 nitrogen and oxygen atoms in total. The van der Waals surface area contributed by atoms with E-state index in [2.05, 4.69) is 12.1 Å². The molecule has 3 aliphatic rings. The topological polar surface area (TPSA) is 20.2 Å². The van der Waals surface area contributed by atoms with Crippen LogP contribution in [0.1, 0.15) is 43.6 Å². The van der Waals surface area contributed by atoms with Gasteiger partial charge in [0, 0.05) is 0 Å². The molecule has 0 aliphatic heterocycles. The lowest BCUT2D eigenvalue weighted by Crippen LogP contribution is -2.20. The molecule has 17 heavy (non-hydrogen) atoms. The van der Waals surface area contributed by atoms with E-state index in [-0.39, 0.29) is 0 Å². The number of rotatable bonds is 1. The summed E-state index contributed by atoms with van der Waals surface area (Å²) in [6.07, 6.45) is 7.35. The van der Waals surface area contributed by atoms with Gasteiger partial charge in [0.25, 0.3) is 0 Å². The Morgan fingerprint density at radius 2 is 1.65 bits per heavy atom. The number of phenols is 1. The van der Waals surface area contributed by atoms with Crippen molar-refractivity contribution in [2.24, 2.45) is 23.7 Å². The molecule has 0 radical (unpaired) electrons.